The normalized spacial score (nSPS) is 10.6. The van der Waals surface area contributed by atoms with Crippen LogP contribution in [0, 0.1) is 0 Å². The van der Waals surface area contributed by atoms with E-state index >= 15 is 0 Å². The van der Waals surface area contributed by atoms with Gasteiger partial charge in [0.2, 0.25) is 0 Å². The molecule has 0 aliphatic heterocycles. The molecule has 1 heterocycles. The van der Waals surface area contributed by atoms with E-state index in [0.717, 1.165) is 24.3 Å². The Morgan fingerprint density at radius 2 is 2.19 bits per heavy atom. The van der Waals surface area contributed by atoms with Crippen LogP contribution in [0.4, 0.5) is 0 Å². The summed E-state index contributed by atoms with van der Waals surface area (Å²) in [5.74, 6) is 0. The van der Waals surface area contributed by atoms with Crippen LogP contribution in [-0.2, 0) is 13.0 Å². The molecule has 3 heteroatoms. The number of hydrogen-bond donors (Lipinski definition) is 1. The van der Waals surface area contributed by atoms with Crippen LogP contribution < -0.4 is 5.32 Å². The summed E-state index contributed by atoms with van der Waals surface area (Å²) in [4.78, 5) is 0. The molecule has 0 unspecified atom stereocenters. The number of benzene rings is 1. The Hall–Kier alpha value is -1.61. The van der Waals surface area contributed by atoms with Crippen molar-refractivity contribution in [2.75, 3.05) is 7.05 Å². The average Bonchev–Trinajstić information content (AvgIpc) is 2.78. The predicted octanol–water partition coefficient (Wildman–Crippen LogP) is 2.15. The molecule has 3 nitrogen and oxygen atoms in total. The Balaban J connectivity index is 2.27. The highest BCUT2D eigenvalue weighted by Gasteiger charge is 2.00. The molecule has 0 radical (unpaired) electrons. The molecule has 2 rings (SSSR count). The average molecular weight is 215 g/mol. The molecule has 0 spiro atoms. The summed E-state index contributed by atoms with van der Waals surface area (Å²) in [6, 6.07) is 10.5. The number of aryl methyl sites for hydroxylation is 1. The topological polar surface area (TPSA) is 29.9 Å². The first-order chi connectivity index (χ1) is 7.83. The van der Waals surface area contributed by atoms with Crippen molar-refractivity contribution in [2.24, 2.45) is 0 Å². The minimum Gasteiger partial charge on any atom is -0.314 e. The van der Waals surface area contributed by atoms with Gasteiger partial charge in [0.15, 0.2) is 0 Å². The summed E-state index contributed by atoms with van der Waals surface area (Å²) in [6.45, 7) is 2.97. The molecule has 0 bridgehead atoms. The lowest BCUT2D eigenvalue weighted by Gasteiger charge is -2.03. The number of hydrogen-bond acceptors (Lipinski definition) is 2. The first-order valence-electron chi connectivity index (χ1n) is 5.62. The van der Waals surface area contributed by atoms with Crippen molar-refractivity contribution in [1.29, 1.82) is 0 Å². The molecule has 0 amide bonds. The van der Waals surface area contributed by atoms with Gasteiger partial charge in [-0.05, 0) is 37.2 Å². The van der Waals surface area contributed by atoms with Gasteiger partial charge in [-0.25, -0.2) is 4.68 Å². The molecular weight excluding hydrogens is 198 g/mol. The number of rotatable bonds is 4. The summed E-state index contributed by atoms with van der Waals surface area (Å²) >= 11 is 0. The fourth-order valence-electron chi connectivity index (χ4n) is 1.70. The molecule has 2 aromatic rings. The largest absolute Gasteiger partial charge is 0.314 e. The Morgan fingerprint density at radius 3 is 2.94 bits per heavy atom. The molecule has 84 valence electrons. The van der Waals surface area contributed by atoms with Crippen molar-refractivity contribution in [3.8, 4) is 5.69 Å². The maximum atomic E-state index is 4.50. The molecular formula is C13H17N3. The van der Waals surface area contributed by atoms with Gasteiger partial charge in [0, 0.05) is 12.7 Å². The zero-order chi connectivity index (χ0) is 11.4. The van der Waals surface area contributed by atoms with Crippen LogP contribution in [0.25, 0.3) is 5.69 Å². The lowest BCUT2D eigenvalue weighted by Crippen LogP contribution is -2.06. The summed E-state index contributed by atoms with van der Waals surface area (Å²) in [6.07, 6.45) is 3.06. The van der Waals surface area contributed by atoms with Crippen LogP contribution in [0.2, 0.25) is 0 Å². The Labute approximate surface area is 96.1 Å². The Morgan fingerprint density at radius 1 is 1.31 bits per heavy atom. The van der Waals surface area contributed by atoms with Gasteiger partial charge in [-0.15, -0.1) is 0 Å². The molecule has 1 N–H and O–H groups in total. The summed E-state index contributed by atoms with van der Waals surface area (Å²) < 4.78 is 1.92. The minimum absolute atomic E-state index is 0.806. The second-order valence-corrected chi connectivity index (χ2v) is 3.81. The zero-order valence-corrected chi connectivity index (χ0v) is 9.77. The van der Waals surface area contributed by atoms with Crippen LogP contribution in [-0.4, -0.2) is 16.8 Å². The van der Waals surface area contributed by atoms with Crippen molar-refractivity contribution < 1.29 is 0 Å². The van der Waals surface area contributed by atoms with E-state index in [2.05, 4.69) is 41.6 Å². The summed E-state index contributed by atoms with van der Waals surface area (Å²) in [5.41, 5.74) is 3.52. The quantitative estimate of drug-likeness (QED) is 0.847. The van der Waals surface area contributed by atoms with E-state index in [1.165, 1.54) is 5.56 Å². The van der Waals surface area contributed by atoms with Crippen LogP contribution in [0.1, 0.15) is 18.2 Å². The molecule has 0 fully saturated rings. The van der Waals surface area contributed by atoms with E-state index in [-0.39, 0.29) is 0 Å². The molecule has 0 aliphatic rings. The lowest BCUT2D eigenvalue weighted by atomic mass is 10.1. The van der Waals surface area contributed by atoms with E-state index < -0.39 is 0 Å². The summed E-state index contributed by atoms with van der Waals surface area (Å²) in [5, 5.41) is 7.60. The van der Waals surface area contributed by atoms with Crippen LogP contribution in [0.15, 0.2) is 36.5 Å². The second-order valence-electron chi connectivity index (χ2n) is 3.81. The minimum atomic E-state index is 0.806. The smallest absolute Gasteiger partial charge is 0.0766 e. The third-order valence-corrected chi connectivity index (χ3v) is 2.59. The van der Waals surface area contributed by atoms with Crippen molar-refractivity contribution in [3.63, 3.8) is 0 Å². The molecule has 0 aliphatic carbocycles. The van der Waals surface area contributed by atoms with Crippen molar-refractivity contribution in [2.45, 2.75) is 19.9 Å². The Kier molecular flexibility index (Phi) is 3.37. The van der Waals surface area contributed by atoms with E-state index in [1.54, 1.807) is 0 Å². The maximum Gasteiger partial charge on any atom is 0.0766 e. The first kappa shape index (κ1) is 10.9. The third-order valence-electron chi connectivity index (χ3n) is 2.59. The molecule has 0 saturated carbocycles. The summed E-state index contributed by atoms with van der Waals surface area (Å²) in [7, 11) is 1.93. The van der Waals surface area contributed by atoms with E-state index in [4.69, 9.17) is 0 Å². The van der Waals surface area contributed by atoms with Crippen molar-refractivity contribution in [1.82, 2.24) is 15.1 Å². The van der Waals surface area contributed by atoms with Gasteiger partial charge in [0.05, 0.1) is 11.4 Å². The van der Waals surface area contributed by atoms with Gasteiger partial charge in [0.25, 0.3) is 0 Å². The first-order valence-corrected chi connectivity index (χ1v) is 5.62. The number of aromatic nitrogens is 2. The number of nitrogens with one attached hydrogen (secondary N) is 1. The maximum absolute atomic E-state index is 4.50. The Bertz CT molecular complexity index is 460. The highest BCUT2D eigenvalue weighted by molar-refractivity contribution is 5.35. The molecule has 1 aromatic carbocycles. The highest BCUT2D eigenvalue weighted by Crippen LogP contribution is 2.11. The van der Waals surface area contributed by atoms with E-state index in [0.29, 0.717) is 0 Å². The van der Waals surface area contributed by atoms with Gasteiger partial charge >= 0.3 is 0 Å². The lowest BCUT2D eigenvalue weighted by molar-refractivity contribution is 0.756. The SMILES string of the molecule is CCc1cccc(-n2ccc(CNC)n2)c1. The molecule has 16 heavy (non-hydrogen) atoms. The van der Waals surface area contributed by atoms with Gasteiger partial charge in [-0.1, -0.05) is 19.1 Å². The van der Waals surface area contributed by atoms with Crippen LogP contribution >= 0.6 is 0 Å². The molecule has 0 saturated heterocycles. The van der Waals surface area contributed by atoms with E-state index in [9.17, 15) is 0 Å². The standard InChI is InChI=1S/C13H17N3/c1-3-11-5-4-6-13(9-11)16-8-7-12(15-16)10-14-2/h4-9,14H,3,10H2,1-2H3. The van der Waals surface area contributed by atoms with E-state index in [1.807, 2.05) is 24.0 Å². The van der Waals surface area contributed by atoms with Gasteiger partial charge in [-0.2, -0.15) is 5.10 Å². The number of nitrogens with zero attached hydrogens (tertiary/aromatic N) is 2. The van der Waals surface area contributed by atoms with Crippen LogP contribution in [0.5, 0.6) is 0 Å². The molecule has 1 aromatic heterocycles. The van der Waals surface area contributed by atoms with Crippen molar-refractivity contribution in [3.05, 3.63) is 47.8 Å². The predicted molar refractivity (Wildman–Crippen MR) is 65.7 cm³/mol. The zero-order valence-electron chi connectivity index (χ0n) is 9.77. The second kappa shape index (κ2) is 4.94. The highest BCUT2D eigenvalue weighted by atomic mass is 15.3. The van der Waals surface area contributed by atoms with Crippen molar-refractivity contribution >= 4 is 0 Å². The van der Waals surface area contributed by atoms with Crippen LogP contribution in [0.3, 0.4) is 0 Å². The monoisotopic (exact) mass is 215 g/mol. The fourth-order valence-corrected chi connectivity index (χ4v) is 1.70. The fraction of sp³-hybridized carbons (Fsp3) is 0.308. The van der Waals surface area contributed by atoms with Gasteiger partial charge < -0.3 is 5.32 Å². The van der Waals surface area contributed by atoms with Gasteiger partial charge in [-0.3, -0.25) is 0 Å². The third kappa shape index (κ3) is 2.31. The molecule has 0 atom stereocenters. The van der Waals surface area contributed by atoms with Gasteiger partial charge in [0.1, 0.15) is 0 Å².